The van der Waals surface area contributed by atoms with Gasteiger partial charge in [0.15, 0.2) is 0 Å². The summed E-state index contributed by atoms with van der Waals surface area (Å²) in [4.78, 5) is 43.5. The molecule has 1 fully saturated rings. The summed E-state index contributed by atoms with van der Waals surface area (Å²) in [6.45, 7) is 7.75. The van der Waals surface area contributed by atoms with E-state index in [9.17, 15) is 19.5 Å². The van der Waals surface area contributed by atoms with Crippen LogP contribution in [-0.2, 0) is 23.9 Å². The fourth-order valence-corrected chi connectivity index (χ4v) is 5.40. The van der Waals surface area contributed by atoms with Crippen LogP contribution in [0.2, 0.25) is 0 Å². The van der Waals surface area contributed by atoms with Crippen molar-refractivity contribution >= 4 is 23.4 Å². The van der Waals surface area contributed by atoms with E-state index in [0.717, 1.165) is 5.56 Å². The van der Waals surface area contributed by atoms with E-state index in [0.29, 0.717) is 17.9 Å². The van der Waals surface area contributed by atoms with E-state index < -0.39 is 30.3 Å². The van der Waals surface area contributed by atoms with Crippen LogP contribution in [0.4, 0.5) is 0 Å². The van der Waals surface area contributed by atoms with Crippen molar-refractivity contribution in [3.05, 3.63) is 78.0 Å². The van der Waals surface area contributed by atoms with E-state index in [1.54, 1.807) is 6.20 Å². The lowest BCUT2D eigenvalue weighted by atomic mass is 9.96. The molecule has 3 unspecified atom stereocenters. The lowest BCUT2D eigenvalue weighted by Gasteiger charge is -2.41. The molecule has 4 rings (SSSR count). The number of methoxy groups -OCH3 is 1. The van der Waals surface area contributed by atoms with Crippen LogP contribution in [0.25, 0.3) is 5.70 Å². The first-order valence-electron chi connectivity index (χ1n) is 14.3. The smallest absolute Gasteiger partial charge is 0.253 e. The number of benzene rings is 2. The fourth-order valence-electron chi connectivity index (χ4n) is 5.40. The van der Waals surface area contributed by atoms with Gasteiger partial charge in [-0.25, -0.2) is 0 Å². The van der Waals surface area contributed by atoms with Crippen molar-refractivity contribution < 1.29 is 29.0 Å². The number of ether oxygens (including phenoxy) is 2. The number of amides is 3. The molecule has 0 radical (unpaired) electrons. The zero-order chi connectivity index (χ0) is 30.4. The van der Waals surface area contributed by atoms with Crippen LogP contribution in [0.5, 0.6) is 0 Å². The van der Waals surface area contributed by atoms with Crippen LogP contribution in [0.15, 0.2) is 66.9 Å². The van der Waals surface area contributed by atoms with Crippen molar-refractivity contribution in [1.29, 1.82) is 0 Å². The molecule has 0 saturated carbocycles. The lowest BCUT2D eigenvalue weighted by molar-refractivity contribution is -0.147. The minimum Gasteiger partial charge on any atom is -0.389 e. The fraction of sp³-hybridized carbons (Fsp3) is 0.469. The molecule has 10 nitrogen and oxygen atoms in total. The normalized spacial score (nSPS) is 21.7. The number of hydrogen-bond donors (Lipinski definition) is 3. The first-order valence-corrected chi connectivity index (χ1v) is 14.3. The van der Waals surface area contributed by atoms with Gasteiger partial charge in [-0.2, -0.15) is 0 Å². The summed E-state index contributed by atoms with van der Waals surface area (Å²) in [5.74, 6) is -1.31. The summed E-state index contributed by atoms with van der Waals surface area (Å²) in [5.41, 5.74) is 1.69. The maximum Gasteiger partial charge on any atom is 0.253 e. The lowest BCUT2D eigenvalue weighted by Crippen LogP contribution is -2.57. The standard InChI is InChI=1S/C32H42N4O6/c1-21(2)29-31(40)35(25(23-14-10-7-11-15-23)17-36(29)28(39)19-41-5)18-27(38)33-24(22-12-8-6-9-13-22)16-26(37)30-34-32(3,4)20-42-30/h6-15,17,21,24,26,29-30,34,37H,16,18-20H2,1-5H3,(H,33,38)/t24?,26?,29?,30-/m0/s1. The second-order valence-electron chi connectivity index (χ2n) is 11.8. The molecular weight excluding hydrogens is 536 g/mol. The summed E-state index contributed by atoms with van der Waals surface area (Å²) in [7, 11) is 1.43. The quantitative estimate of drug-likeness (QED) is 0.375. The Morgan fingerprint density at radius 2 is 1.76 bits per heavy atom. The van der Waals surface area contributed by atoms with Gasteiger partial charge in [-0.15, -0.1) is 0 Å². The first kappa shape index (κ1) is 31.4. The molecule has 2 aliphatic heterocycles. The Labute approximate surface area is 247 Å². The summed E-state index contributed by atoms with van der Waals surface area (Å²) < 4.78 is 10.9. The van der Waals surface area contributed by atoms with E-state index in [1.807, 2.05) is 88.4 Å². The van der Waals surface area contributed by atoms with E-state index in [4.69, 9.17) is 9.47 Å². The zero-order valence-electron chi connectivity index (χ0n) is 24.9. The molecule has 0 bridgehead atoms. The molecule has 226 valence electrons. The number of hydrogen-bond acceptors (Lipinski definition) is 7. The van der Waals surface area contributed by atoms with Crippen LogP contribution in [-0.4, -0.2) is 83.4 Å². The molecule has 3 N–H and O–H groups in total. The third kappa shape index (κ3) is 7.43. The van der Waals surface area contributed by atoms with Gasteiger partial charge in [0.25, 0.3) is 11.8 Å². The number of carbonyl (C=O) groups excluding carboxylic acids is 3. The SMILES string of the molecule is COCC(=O)N1C=C(c2ccccc2)N(CC(=O)NC(CC(O)[C@H]2NC(C)(C)CO2)c2ccccc2)C(=O)C1C(C)C. The molecule has 3 amide bonds. The number of rotatable bonds is 11. The maximum absolute atomic E-state index is 14.0. The molecule has 1 saturated heterocycles. The second kappa shape index (κ2) is 13.6. The highest BCUT2D eigenvalue weighted by Gasteiger charge is 2.41. The molecule has 0 aliphatic carbocycles. The van der Waals surface area contributed by atoms with E-state index in [2.05, 4.69) is 10.6 Å². The minimum atomic E-state index is -0.889. The van der Waals surface area contributed by atoms with Crippen molar-refractivity contribution in [3.8, 4) is 0 Å². The number of carbonyl (C=O) groups is 3. The minimum absolute atomic E-state index is 0.173. The van der Waals surface area contributed by atoms with E-state index in [1.165, 1.54) is 16.9 Å². The van der Waals surface area contributed by atoms with Gasteiger partial charge in [-0.05, 0) is 30.9 Å². The van der Waals surface area contributed by atoms with Crippen LogP contribution in [0.1, 0.15) is 51.3 Å². The summed E-state index contributed by atoms with van der Waals surface area (Å²) in [5, 5.41) is 17.4. The van der Waals surface area contributed by atoms with Crippen LogP contribution in [0.3, 0.4) is 0 Å². The summed E-state index contributed by atoms with van der Waals surface area (Å²) in [6, 6.07) is 17.3. The third-order valence-corrected chi connectivity index (χ3v) is 7.45. The second-order valence-corrected chi connectivity index (χ2v) is 11.8. The number of aliphatic hydroxyl groups is 1. The average molecular weight is 579 g/mol. The van der Waals surface area contributed by atoms with Gasteiger partial charge in [-0.3, -0.25) is 24.6 Å². The van der Waals surface area contributed by atoms with Crippen molar-refractivity contribution in [3.63, 3.8) is 0 Å². The molecular formula is C32H42N4O6. The van der Waals surface area contributed by atoms with E-state index >= 15 is 0 Å². The molecule has 0 aromatic heterocycles. The van der Waals surface area contributed by atoms with Gasteiger partial charge in [0.2, 0.25) is 5.91 Å². The van der Waals surface area contributed by atoms with Gasteiger partial charge in [0, 0.05) is 25.3 Å². The summed E-state index contributed by atoms with van der Waals surface area (Å²) in [6.07, 6.45) is 0.382. The molecule has 0 spiro atoms. The molecule has 2 aliphatic rings. The Morgan fingerprint density at radius 1 is 1.12 bits per heavy atom. The molecule has 42 heavy (non-hydrogen) atoms. The molecule has 2 aromatic carbocycles. The van der Waals surface area contributed by atoms with Crippen LogP contribution in [0, 0.1) is 5.92 Å². The topological polar surface area (TPSA) is 120 Å². The van der Waals surface area contributed by atoms with Gasteiger partial charge in [0.05, 0.1) is 24.4 Å². The average Bonchev–Trinajstić information content (AvgIpc) is 3.34. The number of aliphatic hydroxyl groups excluding tert-OH is 1. The largest absolute Gasteiger partial charge is 0.389 e. The highest BCUT2D eigenvalue weighted by Crippen LogP contribution is 2.30. The van der Waals surface area contributed by atoms with Crippen molar-refractivity contribution in [1.82, 2.24) is 20.4 Å². The highest BCUT2D eigenvalue weighted by atomic mass is 16.5. The van der Waals surface area contributed by atoms with Gasteiger partial charge < -0.3 is 24.8 Å². The zero-order valence-corrected chi connectivity index (χ0v) is 24.9. The third-order valence-electron chi connectivity index (χ3n) is 7.45. The van der Waals surface area contributed by atoms with Gasteiger partial charge >= 0.3 is 0 Å². The Balaban J connectivity index is 1.60. The van der Waals surface area contributed by atoms with Crippen molar-refractivity contribution in [2.45, 2.75) is 64.1 Å². The molecule has 2 heterocycles. The monoisotopic (exact) mass is 578 g/mol. The molecule has 2 aromatic rings. The van der Waals surface area contributed by atoms with Gasteiger partial charge in [0.1, 0.15) is 25.4 Å². The Bertz CT molecular complexity index is 1270. The number of nitrogens with zero attached hydrogens (tertiary/aromatic N) is 2. The van der Waals surface area contributed by atoms with Crippen LogP contribution >= 0.6 is 0 Å². The van der Waals surface area contributed by atoms with Gasteiger partial charge in [-0.1, -0.05) is 74.5 Å². The first-order chi connectivity index (χ1) is 20.0. The van der Waals surface area contributed by atoms with Crippen LogP contribution < -0.4 is 10.6 Å². The predicted molar refractivity (Wildman–Crippen MR) is 158 cm³/mol. The number of nitrogens with one attached hydrogen (secondary N) is 2. The van der Waals surface area contributed by atoms with Crippen molar-refractivity contribution in [2.75, 3.05) is 26.9 Å². The molecule has 10 heteroatoms. The Kier molecular flexibility index (Phi) is 10.2. The van der Waals surface area contributed by atoms with Crippen molar-refractivity contribution in [2.24, 2.45) is 5.92 Å². The highest BCUT2D eigenvalue weighted by molar-refractivity contribution is 6.00. The molecule has 4 atom stereocenters. The van der Waals surface area contributed by atoms with E-state index in [-0.39, 0.29) is 42.8 Å². The predicted octanol–water partition coefficient (Wildman–Crippen LogP) is 2.66. The Hall–Kier alpha value is -3.57. The summed E-state index contributed by atoms with van der Waals surface area (Å²) >= 11 is 0. The Morgan fingerprint density at radius 3 is 2.33 bits per heavy atom. The maximum atomic E-state index is 14.0.